The van der Waals surface area contributed by atoms with Crippen molar-refractivity contribution < 1.29 is 14.3 Å². The van der Waals surface area contributed by atoms with Gasteiger partial charge in [-0.05, 0) is 32.6 Å². The molecule has 3 unspecified atom stereocenters. The molecule has 0 bridgehead atoms. The Morgan fingerprint density at radius 3 is 2.81 bits per heavy atom. The molecule has 3 N–H and O–H groups in total. The maximum absolute atomic E-state index is 12.3. The number of fused-ring (bicyclic) bond motifs is 1. The molecule has 144 valence electrons. The minimum absolute atomic E-state index is 0.0147. The summed E-state index contributed by atoms with van der Waals surface area (Å²) < 4.78 is 11.0. The third-order valence-corrected chi connectivity index (χ3v) is 5.21. The summed E-state index contributed by atoms with van der Waals surface area (Å²) in [6.45, 7) is 12.2. The molecule has 1 saturated heterocycles. The number of nitrogens with zero attached hydrogens (tertiary/aromatic N) is 2. The van der Waals surface area contributed by atoms with Gasteiger partial charge in [-0.3, -0.25) is 0 Å². The number of rotatable bonds is 2. The predicted octanol–water partition coefficient (Wildman–Crippen LogP) is 2.58. The number of aromatic nitrogens is 1. The summed E-state index contributed by atoms with van der Waals surface area (Å²) in [5, 5.41) is 3.05. The average Bonchev–Trinajstić information content (AvgIpc) is 2.98. The molecule has 1 aromatic rings. The summed E-state index contributed by atoms with van der Waals surface area (Å²) in [4.78, 5) is 18.8. The lowest BCUT2D eigenvalue weighted by atomic mass is 9.84. The van der Waals surface area contributed by atoms with Crippen LogP contribution in [0.5, 0.6) is 5.88 Å². The van der Waals surface area contributed by atoms with E-state index in [1.165, 1.54) is 0 Å². The number of nitrogens with two attached hydrogens (primary N) is 1. The van der Waals surface area contributed by atoms with E-state index in [9.17, 15) is 4.79 Å². The minimum atomic E-state index is -0.513. The van der Waals surface area contributed by atoms with Gasteiger partial charge in [-0.25, -0.2) is 9.78 Å². The maximum Gasteiger partial charge on any atom is 0.407 e. The Morgan fingerprint density at radius 1 is 1.38 bits per heavy atom. The van der Waals surface area contributed by atoms with E-state index in [0.717, 1.165) is 24.2 Å². The first-order valence-corrected chi connectivity index (χ1v) is 9.30. The first-order valence-electron chi connectivity index (χ1n) is 9.30. The van der Waals surface area contributed by atoms with Gasteiger partial charge in [0.05, 0.1) is 30.2 Å². The Bertz CT molecular complexity index is 686. The van der Waals surface area contributed by atoms with Crippen LogP contribution in [0.1, 0.15) is 40.2 Å². The molecule has 3 rings (SSSR count). The molecule has 2 aliphatic rings. The highest BCUT2D eigenvalue weighted by Gasteiger charge is 2.36. The van der Waals surface area contributed by atoms with Gasteiger partial charge in [-0.1, -0.05) is 13.8 Å². The van der Waals surface area contributed by atoms with Crippen molar-refractivity contribution in [2.45, 2.75) is 52.7 Å². The van der Waals surface area contributed by atoms with Gasteiger partial charge in [0.25, 0.3) is 0 Å². The lowest BCUT2D eigenvalue weighted by Gasteiger charge is -2.43. The lowest BCUT2D eigenvalue weighted by Crippen LogP contribution is -2.56. The van der Waals surface area contributed by atoms with E-state index in [-0.39, 0.29) is 12.1 Å². The topological polar surface area (TPSA) is 89.7 Å². The SMILES string of the molecule is CC1CN(c2c(N)cnc3c2CCO3)CC(NC(=O)OC(C)(C)C)C1C. The molecule has 1 fully saturated rings. The molecule has 3 heterocycles. The minimum Gasteiger partial charge on any atom is -0.477 e. The fourth-order valence-corrected chi connectivity index (χ4v) is 3.72. The molecule has 7 nitrogen and oxygen atoms in total. The van der Waals surface area contributed by atoms with Crippen molar-refractivity contribution in [2.75, 3.05) is 30.3 Å². The Hall–Kier alpha value is -2.18. The molecule has 0 aromatic carbocycles. The molecule has 0 aliphatic carbocycles. The number of anilines is 2. The third-order valence-electron chi connectivity index (χ3n) is 5.21. The molecule has 1 aromatic heterocycles. The fourth-order valence-electron chi connectivity index (χ4n) is 3.72. The zero-order valence-electron chi connectivity index (χ0n) is 16.3. The molecule has 0 spiro atoms. The lowest BCUT2D eigenvalue weighted by molar-refractivity contribution is 0.0472. The molecule has 1 amide bonds. The van der Waals surface area contributed by atoms with Crippen molar-refractivity contribution >= 4 is 17.5 Å². The second kappa shape index (κ2) is 6.85. The maximum atomic E-state index is 12.3. The van der Waals surface area contributed by atoms with Gasteiger partial charge in [0.15, 0.2) is 0 Å². The van der Waals surface area contributed by atoms with Crippen LogP contribution < -0.4 is 20.7 Å². The summed E-state index contributed by atoms with van der Waals surface area (Å²) >= 11 is 0. The molecule has 26 heavy (non-hydrogen) atoms. The van der Waals surface area contributed by atoms with E-state index >= 15 is 0 Å². The monoisotopic (exact) mass is 362 g/mol. The first-order chi connectivity index (χ1) is 12.2. The highest BCUT2D eigenvalue weighted by molar-refractivity contribution is 5.74. The van der Waals surface area contributed by atoms with Gasteiger partial charge in [0, 0.05) is 25.1 Å². The summed E-state index contributed by atoms with van der Waals surface area (Å²) in [7, 11) is 0. The number of ether oxygens (including phenoxy) is 2. The van der Waals surface area contributed by atoms with Crippen molar-refractivity contribution in [3.05, 3.63) is 11.8 Å². The van der Waals surface area contributed by atoms with Crippen LogP contribution in [0.3, 0.4) is 0 Å². The number of amides is 1. The van der Waals surface area contributed by atoms with E-state index in [2.05, 4.69) is 29.0 Å². The zero-order chi connectivity index (χ0) is 19.1. The van der Waals surface area contributed by atoms with Crippen LogP contribution in [0, 0.1) is 11.8 Å². The van der Waals surface area contributed by atoms with E-state index in [0.29, 0.717) is 36.6 Å². The van der Waals surface area contributed by atoms with Gasteiger partial charge in [-0.15, -0.1) is 0 Å². The molecule has 7 heteroatoms. The van der Waals surface area contributed by atoms with Crippen molar-refractivity contribution in [3.8, 4) is 5.88 Å². The van der Waals surface area contributed by atoms with Crippen LogP contribution in [0.15, 0.2) is 6.20 Å². The van der Waals surface area contributed by atoms with Crippen molar-refractivity contribution in [2.24, 2.45) is 11.8 Å². The Balaban J connectivity index is 1.81. The quantitative estimate of drug-likeness (QED) is 0.840. The summed E-state index contributed by atoms with van der Waals surface area (Å²) in [6, 6.07) is -0.0147. The number of nitrogen functional groups attached to an aromatic ring is 1. The van der Waals surface area contributed by atoms with Crippen LogP contribution in [-0.2, 0) is 11.2 Å². The molecular formula is C19H30N4O3. The molecular weight excluding hydrogens is 332 g/mol. The number of piperidine rings is 1. The van der Waals surface area contributed by atoms with Crippen LogP contribution >= 0.6 is 0 Å². The van der Waals surface area contributed by atoms with Crippen molar-refractivity contribution in [1.82, 2.24) is 10.3 Å². The van der Waals surface area contributed by atoms with Gasteiger partial charge in [0.2, 0.25) is 5.88 Å². The van der Waals surface area contributed by atoms with Crippen LogP contribution in [-0.4, -0.2) is 42.4 Å². The third kappa shape index (κ3) is 3.81. The fraction of sp³-hybridized carbons (Fsp3) is 0.684. The predicted molar refractivity (Wildman–Crippen MR) is 102 cm³/mol. The van der Waals surface area contributed by atoms with Gasteiger partial charge < -0.3 is 25.4 Å². The van der Waals surface area contributed by atoms with Crippen LogP contribution in [0.2, 0.25) is 0 Å². The van der Waals surface area contributed by atoms with Gasteiger partial charge in [-0.2, -0.15) is 0 Å². The van der Waals surface area contributed by atoms with E-state index in [1.54, 1.807) is 6.20 Å². The van der Waals surface area contributed by atoms with Crippen LogP contribution in [0.4, 0.5) is 16.2 Å². The van der Waals surface area contributed by atoms with Crippen LogP contribution in [0.25, 0.3) is 0 Å². The number of hydrogen-bond acceptors (Lipinski definition) is 6. The molecule has 0 saturated carbocycles. The molecule has 0 radical (unpaired) electrons. The van der Waals surface area contributed by atoms with E-state index < -0.39 is 5.60 Å². The summed E-state index contributed by atoms with van der Waals surface area (Å²) in [5.74, 6) is 1.41. The van der Waals surface area contributed by atoms with E-state index in [4.69, 9.17) is 15.2 Å². The van der Waals surface area contributed by atoms with Crippen molar-refractivity contribution in [1.29, 1.82) is 0 Å². The Labute approximate surface area is 155 Å². The van der Waals surface area contributed by atoms with Gasteiger partial charge >= 0.3 is 6.09 Å². The number of pyridine rings is 1. The van der Waals surface area contributed by atoms with Gasteiger partial charge in [0.1, 0.15) is 5.60 Å². The average molecular weight is 362 g/mol. The second-order valence-electron chi connectivity index (χ2n) is 8.44. The second-order valence-corrected chi connectivity index (χ2v) is 8.44. The highest BCUT2D eigenvalue weighted by Crippen LogP contribution is 2.39. The normalized spacial score (nSPS) is 25.4. The first kappa shape index (κ1) is 18.6. The van der Waals surface area contributed by atoms with Crippen molar-refractivity contribution in [3.63, 3.8) is 0 Å². The number of nitrogens with one attached hydrogen (secondary N) is 1. The number of hydrogen-bond donors (Lipinski definition) is 2. The Morgan fingerprint density at radius 2 is 2.12 bits per heavy atom. The number of carbonyl (C=O) groups excluding carboxylic acids is 1. The standard InChI is InChI=1S/C19H30N4O3/c1-11-9-23(16-13-6-7-25-17(13)21-8-14(16)20)10-15(12(11)2)22-18(24)26-19(3,4)5/h8,11-12,15H,6-7,9-10,20H2,1-5H3,(H,22,24). The smallest absolute Gasteiger partial charge is 0.407 e. The largest absolute Gasteiger partial charge is 0.477 e. The summed E-state index contributed by atoms with van der Waals surface area (Å²) in [6.07, 6.45) is 2.10. The summed E-state index contributed by atoms with van der Waals surface area (Å²) in [5.41, 5.74) is 8.48. The Kier molecular flexibility index (Phi) is 4.90. The number of alkyl carbamates (subject to hydrolysis) is 1. The number of carbonyl (C=O) groups is 1. The highest BCUT2D eigenvalue weighted by atomic mass is 16.6. The molecule has 3 atom stereocenters. The zero-order valence-corrected chi connectivity index (χ0v) is 16.3. The van der Waals surface area contributed by atoms with E-state index in [1.807, 2.05) is 20.8 Å². The molecule has 2 aliphatic heterocycles.